The van der Waals surface area contributed by atoms with E-state index < -0.39 is 11.6 Å². The van der Waals surface area contributed by atoms with Crippen LogP contribution in [-0.2, 0) is 5.75 Å². The van der Waals surface area contributed by atoms with Crippen LogP contribution in [0.4, 0.5) is 8.78 Å². The molecule has 0 aliphatic heterocycles. The molecule has 0 spiro atoms. The van der Waals surface area contributed by atoms with Crippen molar-refractivity contribution in [2.24, 2.45) is 0 Å². The summed E-state index contributed by atoms with van der Waals surface area (Å²) in [7, 11) is 0. The zero-order valence-corrected chi connectivity index (χ0v) is 18.2. The monoisotopic (exact) mass is 448 g/mol. The Hall–Kier alpha value is -3.52. The van der Waals surface area contributed by atoms with E-state index in [9.17, 15) is 13.6 Å². The SMILES string of the molecule is Cc1ccc(C)c(-n2c(=O)c3ccccc3n3c(SCc4cccc(F)c4F)nnc23)c1. The molecule has 0 fully saturated rings. The van der Waals surface area contributed by atoms with Crippen LogP contribution in [0.15, 0.2) is 70.6 Å². The molecule has 0 saturated heterocycles. The number of rotatable bonds is 4. The number of hydrogen-bond donors (Lipinski definition) is 0. The number of aryl methyl sites for hydroxylation is 2. The lowest BCUT2D eigenvalue weighted by Gasteiger charge is -2.14. The maximum absolute atomic E-state index is 14.1. The smallest absolute Gasteiger partial charge is 0.267 e. The van der Waals surface area contributed by atoms with Gasteiger partial charge >= 0.3 is 0 Å². The van der Waals surface area contributed by atoms with E-state index in [1.165, 1.54) is 17.8 Å². The van der Waals surface area contributed by atoms with Crippen LogP contribution in [0.1, 0.15) is 16.7 Å². The van der Waals surface area contributed by atoms with Crippen LogP contribution in [0.3, 0.4) is 0 Å². The zero-order valence-electron chi connectivity index (χ0n) is 17.3. The van der Waals surface area contributed by atoms with Gasteiger partial charge in [0.25, 0.3) is 5.56 Å². The molecule has 8 heteroatoms. The van der Waals surface area contributed by atoms with Crippen molar-refractivity contribution in [1.29, 1.82) is 0 Å². The molecule has 3 aromatic carbocycles. The first-order valence-corrected chi connectivity index (χ1v) is 11.0. The first kappa shape index (κ1) is 20.4. The molecule has 5 aromatic rings. The summed E-state index contributed by atoms with van der Waals surface area (Å²) >= 11 is 1.23. The fourth-order valence-corrected chi connectivity index (χ4v) is 4.67. The van der Waals surface area contributed by atoms with E-state index in [1.807, 2.05) is 50.2 Å². The zero-order chi connectivity index (χ0) is 22.4. The second-order valence-electron chi connectivity index (χ2n) is 7.57. The standard InChI is InChI=1S/C24H18F2N4OS/c1-14-10-11-15(2)20(12-14)29-22(31)17-7-3-4-9-19(17)30-23(29)27-28-24(30)32-13-16-6-5-8-18(25)21(16)26/h3-12H,13H2,1-2H3. The van der Waals surface area contributed by atoms with Crippen LogP contribution >= 0.6 is 11.8 Å². The van der Waals surface area contributed by atoms with Crippen LogP contribution in [-0.4, -0.2) is 19.2 Å². The topological polar surface area (TPSA) is 52.2 Å². The molecule has 2 aromatic heterocycles. The fourth-order valence-electron chi connectivity index (χ4n) is 3.75. The van der Waals surface area contributed by atoms with Gasteiger partial charge in [-0.25, -0.2) is 13.3 Å². The Bertz CT molecular complexity index is 1560. The van der Waals surface area contributed by atoms with Gasteiger partial charge in [-0.2, -0.15) is 0 Å². The van der Waals surface area contributed by atoms with Crippen molar-refractivity contribution in [3.63, 3.8) is 0 Å². The van der Waals surface area contributed by atoms with Crippen molar-refractivity contribution in [2.45, 2.75) is 24.8 Å². The molecule has 0 bridgehead atoms. The maximum atomic E-state index is 14.1. The number of aromatic nitrogens is 4. The molecule has 0 radical (unpaired) electrons. The largest absolute Gasteiger partial charge is 0.268 e. The Morgan fingerprint density at radius 1 is 0.969 bits per heavy atom. The van der Waals surface area contributed by atoms with Crippen molar-refractivity contribution in [1.82, 2.24) is 19.2 Å². The maximum Gasteiger partial charge on any atom is 0.267 e. The van der Waals surface area contributed by atoms with E-state index >= 15 is 0 Å². The van der Waals surface area contributed by atoms with Crippen LogP contribution in [0, 0.1) is 25.5 Å². The number of nitrogens with zero attached hydrogens (tertiary/aromatic N) is 4. The van der Waals surface area contributed by atoms with Gasteiger partial charge in [0.1, 0.15) is 0 Å². The number of benzene rings is 3. The van der Waals surface area contributed by atoms with Crippen LogP contribution in [0.2, 0.25) is 0 Å². The van der Waals surface area contributed by atoms with E-state index in [-0.39, 0.29) is 16.9 Å². The molecule has 0 aliphatic carbocycles. The third-order valence-corrected chi connectivity index (χ3v) is 6.37. The van der Waals surface area contributed by atoms with Gasteiger partial charge in [0.15, 0.2) is 16.8 Å². The summed E-state index contributed by atoms with van der Waals surface area (Å²) in [4.78, 5) is 13.5. The molecule has 32 heavy (non-hydrogen) atoms. The Kier molecular flexibility index (Phi) is 5.01. The van der Waals surface area contributed by atoms with Gasteiger partial charge in [0.2, 0.25) is 5.78 Å². The number of halogens is 2. The predicted molar refractivity (Wildman–Crippen MR) is 121 cm³/mol. The highest BCUT2D eigenvalue weighted by atomic mass is 32.2. The first-order valence-electron chi connectivity index (χ1n) is 9.98. The van der Waals surface area contributed by atoms with Crippen LogP contribution in [0.25, 0.3) is 22.4 Å². The van der Waals surface area contributed by atoms with Crippen molar-refractivity contribution in [2.75, 3.05) is 0 Å². The number of para-hydroxylation sites is 1. The normalized spacial score (nSPS) is 11.5. The molecule has 160 valence electrons. The van der Waals surface area contributed by atoms with Gasteiger partial charge in [-0.05, 0) is 49.2 Å². The minimum Gasteiger partial charge on any atom is -0.268 e. The molecule has 5 nitrogen and oxygen atoms in total. The van der Waals surface area contributed by atoms with Crippen molar-refractivity contribution >= 4 is 28.4 Å². The third-order valence-electron chi connectivity index (χ3n) is 5.39. The summed E-state index contributed by atoms with van der Waals surface area (Å²) in [5.74, 6) is -1.22. The molecule has 2 heterocycles. The number of thioether (sulfide) groups is 1. The highest BCUT2D eigenvalue weighted by Gasteiger charge is 2.19. The lowest BCUT2D eigenvalue weighted by Crippen LogP contribution is -2.22. The lowest BCUT2D eigenvalue weighted by molar-refractivity contribution is 0.502. The number of hydrogen-bond acceptors (Lipinski definition) is 4. The van der Waals surface area contributed by atoms with E-state index in [4.69, 9.17) is 0 Å². The van der Waals surface area contributed by atoms with Gasteiger partial charge in [-0.15, -0.1) is 10.2 Å². The molecule has 0 amide bonds. The van der Waals surface area contributed by atoms with E-state index in [2.05, 4.69) is 10.2 Å². The van der Waals surface area contributed by atoms with Crippen molar-refractivity contribution < 1.29 is 8.78 Å². The second kappa shape index (κ2) is 7.87. The summed E-state index contributed by atoms with van der Waals surface area (Å²) in [6.45, 7) is 3.90. The molecule has 0 unspecified atom stereocenters. The average Bonchev–Trinajstić information content (AvgIpc) is 3.21. The Labute approximate surface area is 186 Å². The summed E-state index contributed by atoms with van der Waals surface area (Å²) in [6, 6.07) is 17.2. The summed E-state index contributed by atoms with van der Waals surface area (Å²) in [5.41, 5.74) is 3.36. The quantitative estimate of drug-likeness (QED) is 0.354. The molecule has 0 atom stereocenters. The van der Waals surface area contributed by atoms with E-state index in [1.54, 1.807) is 21.1 Å². The van der Waals surface area contributed by atoms with Gasteiger partial charge in [0.05, 0.1) is 16.6 Å². The summed E-state index contributed by atoms with van der Waals surface area (Å²) in [5, 5.41) is 9.61. The first-order chi connectivity index (χ1) is 15.5. The second-order valence-corrected chi connectivity index (χ2v) is 8.51. The fraction of sp³-hybridized carbons (Fsp3) is 0.125. The highest BCUT2D eigenvalue weighted by molar-refractivity contribution is 7.98. The molecule has 0 aliphatic rings. The van der Waals surface area contributed by atoms with Crippen LogP contribution < -0.4 is 5.56 Å². The van der Waals surface area contributed by atoms with Gasteiger partial charge < -0.3 is 0 Å². The van der Waals surface area contributed by atoms with Crippen molar-refractivity contribution in [3.8, 4) is 5.69 Å². The lowest BCUT2D eigenvalue weighted by atomic mass is 10.1. The highest BCUT2D eigenvalue weighted by Crippen LogP contribution is 2.27. The van der Waals surface area contributed by atoms with Crippen molar-refractivity contribution in [3.05, 3.63) is 99.3 Å². The average molecular weight is 448 g/mol. The summed E-state index contributed by atoms with van der Waals surface area (Å²) < 4.78 is 31.1. The number of fused-ring (bicyclic) bond motifs is 3. The predicted octanol–water partition coefficient (Wildman–Crippen LogP) is 5.22. The minimum absolute atomic E-state index is 0.168. The summed E-state index contributed by atoms with van der Waals surface area (Å²) in [6.07, 6.45) is 0. The molecule has 5 rings (SSSR count). The molecular weight excluding hydrogens is 430 g/mol. The minimum atomic E-state index is -0.886. The Morgan fingerprint density at radius 2 is 1.78 bits per heavy atom. The Balaban J connectivity index is 1.74. The molecule has 0 saturated carbocycles. The third kappa shape index (κ3) is 3.27. The van der Waals surface area contributed by atoms with Gasteiger partial charge in [-0.3, -0.25) is 9.20 Å². The molecular formula is C24H18F2N4OS. The Morgan fingerprint density at radius 3 is 2.62 bits per heavy atom. The van der Waals surface area contributed by atoms with E-state index in [0.29, 0.717) is 21.8 Å². The van der Waals surface area contributed by atoms with Gasteiger partial charge in [0, 0.05) is 11.3 Å². The van der Waals surface area contributed by atoms with Gasteiger partial charge in [-0.1, -0.05) is 48.2 Å². The molecule has 0 N–H and O–H groups in total. The van der Waals surface area contributed by atoms with Crippen LogP contribution in [0.5, 0.6) is 0 Å². The van der Waals surface area contributed by atoms with E-state index in [0.717, 1.165) is 22.9 Å².